The van der Waals surface area contributed by atoms with Gasteiger partial charge < -0.3 is 114 Å². The quantitative estimate of drug-likeness (QED) is 0.0125. The lowest BCUT2D eigenvalue weighted by Crippen LogP contribution is -2.60. The molecule has 502 valence electrons. The summed E-state index contributed by atoms with van der Waals surface area (Å²) in [5.74, 6) is -8.16. The Labute approximate surface area is 519 Å². The van der Waals surface area contributed by atoms with Gasteiger partial charge in [0, 0.05) is 58.0 Å². The summed E-state index contributed by atoms with van der Waals surface area (Å²) in [5.41, 5.74) is 45.8. The van der Waals surface area contributed by atoms with Gasteiger partial charge in [-0.1, -0.05) is 6.08 Å². The molecule has 0 aromatic carbocycles. The minimum Gasteiger partial charge on any atom is -0.389 e. The molecule has 1 aromatic rings. The molecule has 1 saturated heterocycles. The van der Waals surface area contributed by atoms with E-state index in [1.165, 1.54) is 37.3 Å². The average Bonchev–Trinajstić information content (AvgIpc) is 2.64. The second kappa shape index (κ2) is 43.7. The van der Waals surface area contributed by atoms with Crippen LogP contribution in [0.15, 0.2) is 29.3 Å². The Hall–Kier alpha value is -7.89. The number of nitrogens with two attached hydrogens (primary N) is 8. The Bertz CT molecular complexity index is 2460. The first-order valence-corrected chi connectivity index (χ1v) is 30.4. The fourth-order valence-corrected chi connectivity index (χ4v) is 9.19. The van der Waals surface area contributed by atoms with Crippen LogP contribution in [-0.2, 0) is 59.2 Å². The number of imidazole rings is 1. The number of nitrogens with zero attached hydrogens (tertiary/aromatic N) is 3. The third kappa shape index (κ3) is 30.3. The van der Waals surface area contributed by atoms with Crippen molar-refractivity contribution in [2.24, 2.45) is 50.9 Å². The smallest absolute Gasteiger partial charge is 0.268 e. The van der Waals surface area contributed by atoms with Gasteiger partial charge in [-0.15, -0.1) is 0 Å². The Morgan fingerprint density at radius 2 is 1.30 bits per heavy atom. The number of unbranched alkanes of at least 4 members (excludes halogenated alkanes) is 4. The lowest BCUT2D eigenvalue weighted by Gasteiger charge is -2.30. The fourth-order valence-electron chi connectivity index (χ4n) is 9.19. The monoisotopic (exact) mass is 1260 g/mol. The first kappa shape index (κ1) is 77.2. The van der Waals surface area contributed by atoms with Gasteiger partial charge in [0.25, 0.3) is 5.91 Å². The number of amides is 11. The van der Waals surface area contributed by atoms with Crippen LogP contribution >= 0.6 is 0 Å². The van der Waals surface area contributed by atoms with Crippen LogP contribution in [0, 0.1) is 0 Å². The molecule has 0 aliphatic carbocycles. The third-order valence-corrected chi connectivity index (χ3v) is 14.2. The lowest BCUT2D eigenvalue weighted by atomic mass is 10.0. The van der Waals surface area contributed by atoms with Crippen molar-refractivity contribution < 1.29 is 57.8 Å². The highest BCUT2D eigenvalue weighted by atomic mass is 16.3. The molecule has 28 N–H and O–H groups in total. The number of carbonyl (C=O) groups excluding carboxylic acids is 11. The Kier molecular flexibility index (Phi) is 37.9. The number of aromatic amines is 1. The highest BCUT2D eigenvalue weighted by Gasteiger charge is 2.40. The molecule has 9 atom stereocenters. The molecule has 34 nitrogen and oxygen atoms in total. The summed E-state index contributed by atoms with van der Waals surface area (Å²) in [6, 6.07) is -10.1. The summed E-state index contributed by atoms with van der Waals surface area (Å²) in [6.45, 7) is 3.48. The van der Waals surface area contributed by atoms with E-state index in [0.29, 0.717) is 89.7 Å². The molecule has 89 heavy (non-hydrogen) atoms. The second-order valence-corrected chi connectivity index (χ2v) is 21.6. The van der Waals surface area contributed by atoms with Crippen LogP contribution in [0.1, 0.15) is 122 Å². The minimum absolute atomic E-state index is 0.0251. The summed E-state index contributed by atoms with van der Waals surface area (Å²) in [4.78, 5) is 161. The van der Waals surface area contributed by atoms with Crippen LogP contribution in [0.3, 0.4) is 0 Å². The topological polar surface area (TPSA) is 581 Å². The number of likely N-dealkylation sites (tertiary alicyclic amines) is 1. The van der Waals surface area contributed by atoms with Crippen molar-refractivity contribution in [1.29, 1.82) is 0 Å². The Morgan fingerprint density at radius 3 is 1.92 bits per heavy atom. The first-order chi connectivity index (χ1) is 42.5. The number of hydrogen-bond acceptors (Lipinski definition) is 20. The molecular formula is C55H100N22O12. The van der Waals surface area contributed by atoms with Crippen molar-refractivity contribution in [3.8, 4) is 0 Å². The van der Waals surface area contributed by atoms with Crippen molar-refractivity contribution in [3.05, 3.63) is 30.0 Å². The molecule has 0 radical (unpaired) electrons. The van der Waals surface area contributed by atoms with E-state index < -0.39 is 127 Å². The predicted octanol–water partition coefficient (Wildman–Crippen LogP) is -7.54. The number of carbonyl (C=O) groups is 11. The number of nitrogens with one attached hydrogen (secondary N) is 11. The maximum absolute atomic E-state index is 14.5. The van der Waals surface area contributed by atoms with Crippen molar-refractivity contribution in [2.45, 2.75) is 177 Å². The molecule has 1 aliphatic rings. The van der Waals surface area contributed by atoms with Crippen molar-refractivity contribution >= 4 is 70.9 Å². The van der Waals surface area contributed by atoms with Gasteiger partial charge in [0.1, 0.15) is 48.0 Å². The van der Waals surface area contributed by atoms with Gasteiger partial charge in [-0.05, 0) is 136 Å². The highest BCUT2D eigenvalue weighted by molar-refractivity contribution is 6.02. The maximum atomic E-state index is 14.5. The van der Waals surface area contributed by atoms with Gasteiger partial charge in [-0.25, -0.2) is 4.98 Å². The molecule has 11 amide bonds. The standard InChI is InChI=1S/C55H100N22O12/c1-33(70-53(88)45(43(79)29-60)76-47(82)36(61)14-5-9-24-65-34(2)78)46(81)68-31-44(80)71-40(17-11-23-59)54(89)77-27-13-19-42(77)52(87)75-41(28-35-30-64-32-69-35)51(86)74-38(16-4-7-21-57)49(84)73-39(18-12-26-67-55(62)63)50(85)72-37(15-3-6-20-56)48(83)66-25-10-8-22-58/h18,30,32-33,36-38,40-43,45,79H,3-17,19-29,31,56-61H2,1-2H3,(H,64,69)(H,65,78)(H,66,83)(H,68,81)(H,70,88)(H,71,80)(H,72,85)(H,73,84)(H,74,86)(H,75,87)(H,76,82)(H4,62,63,67)/b39-18-/t33-,36-,37-,38-,40+,41-,42-,43-,45-/m0/s1. The second-order valence-electron chi connectivity index (χ2n) is 21.6. The molecule has 0 saturated carbocycles. The van der Waals surface area contributed by atoms with E-state index in [1.807, 2.05) is 0 Å². The van der Waals surface area contributed by atoms with Gasteiger partial charge in [0.05, 0.1) is 25.0 Å². The summed E-state index contributed by atoms with van der Waals surface area (Å²) in [5, 5.41) is 36.5. The summed E-state index contributed by atoms with van der Waals surface area (Å²) >= 11 is 0. The average molecular weight is 1260 g/mol. The van der Waals surface area contributed by atoms with E-state index in [4.69, 9.17) is 45.9 Å². The zero-order chi connectivity index (χ0) is 66.3. The van der Waals surface area contributed by atoms with Gasteiger partial charge in [-0.2, -0.15) is 0 Å². The lowest BCUT2D eigenvalue weighted by molar-refractivity contribution is -0.142. The number of aliphatic hydroxyl groups excluding tert-OH is 1. The van der Waals surface area contributed by atoms with Crippen LogP contribution in [-0.4, -0.2) is 211 Å². The van der Waals surface area contributed by atoms with Crippen LogP contribution in [0.25, 0.3) is 0 Å². The molecule has 1 fully saturated rings. The summed E-state index contributed by atoms with van der Waals surface area (Å²) in [6.07, 6.45) is 7.87. The van der Waals surface area contributed by atoms with E-state index in [9.17, 15) is 57.8 Å². The summed E-state index contributed by atoms with van der Waals surface area (Å²) in [7, 11) is 0. The van der Waals surface area contributed by atoms with Gasteiger partial charge in [-0.3, -0.25) is 57.7 Å². The zero-order valence-corrected chi connectivity index (χ0v) is 51.4. The fraction of sp³-hybridized carbons (Fsp3) is 0.691. The van der Waals surface area contributed by atoms with Crippen LogP contribution in [0.2, 0.25) is 0 Å². The van der Waals surface area contributed by atoms with Crippen molar-refractivity contribution in [2.75, 3.05) is 65.4 Å². The number of guanidine groups is 1. The van der Waals surface area contributed by atoms with Crippen molar-refractivity contribution in [3.63, 3.8) is 0 Å². The first-order valence-electron chi connectivity index (χ1n) is 30.4. The van der Waals surface area contributed by atoms with Gasteiger partial charge in [0.2, 0.25) is 59.1 Å². The molecule has 1 aromatic heterocycles. The number of rotatable bonds is 45. The van der Waals surface area contributed by atoms with E-state index >= 15 is 0 Å². The summed E-state index contributed by atoms with van der Waals surface area (Å²) < 4.78 is 0. The van der Waals surface area contributed by atoms with Crippen molar-refractivity contribution in [1.82, 2.24) is 68.0 Å². The van der Waals surface area contributed by atoms with Gasteiger partial charge >= 0.3 is 0 Å². The number of H-pyrrole nitrogens is 1. The molecule has 0 bridgehead atoms. The Balaban J connectivity index is 2.30. The van der Waals surface area contributed by atoms with Gasteiger partial charge in [0.15, 0.2) is 5.96 Å². The molecular weight excluding hydrogens is 1160 g/mol. The number of aromatic nitrogens is 2. The molecule has 1 aliphatic heterocycles. The number of aliphatic imine (C=N–C) groups is 1. The maximum Gasteiger partial charge on any atom is 0.268 e. The third-order valence-electron chi connectivity index (χ3n) is 14.2. The Morgan fingerprint density at radius 1 is 0.685 bits per heavy atom. The molecule has 0 spiro atoms. The number of aliphatic hydroxyl groups is 1. The molecule has 2 rings (SSSR count). The van der Waals surface area contributed by atoms with E-state index in [0.717, 1.165) is 0 Å². The highest BCUT2D eigenvalue weighted by Crippen LogP contribution is 2.21. The van der Waals surface area contributed by atoms with E-state index in [1.54, 1.807) is 0 Å². The van der Waals surface area contributed by atoms with Crippen LogP contribution in [0.4, 0.5) is 0 Å². The number of hydrogen-bond donors (Lipinski definition) is 20. The predicted molar refractivity (Wildman–Crippen MR) is 330 cm³/mol. The SMILES string of the molecule is CC(=O)NCCCC[C@H](N)C(=O)N[C@H](C(=O)N[C@@H](C)C(=O)NCC(=O)N[C@H](CCCN)C(=O)N1CCC[C@H]1C(=O)N[C@@H](Cc1cnc[nH]1)C(=O)N[C@@H](CCCCN)C(=O)N/C(=C\CCN=C(N)N)C(=O)N[C@@H](CCCCN)C(=O)NCCCCN)[C@@H](O)CN. The van der Waals surface area contributed by atoms with E-state index in [-0.39, 0.29) is 95.1 Å². The molecule has 0 unspecified atom stereocenters. The van der Waals surface area contributed by atoms with E-state index in [2.05, 4.69) is 68.1 Å². The van der Waals surface area contributed by atoms with Crippen LogP contribution < -0.4 is 99.0 Å². The normalized spacial score (nSPS) is 15.7. The molecule has 34 heteroatoms. The zero-order valence-electron chi connectivity index (χ0n) is 51.4. The molecule has 2 heterocycles. The van der Waals surface area contributed by atoms with Crippen LogP contribution in [0.5, 0.6) is 0 Å². The minimum atomic E-state index is -1.61. The largest absolute Gasteiger partial charge is 0.389 e.